The Labute approximate surface area is 247 Å². The molecule has 6 aromatic rings. The SMILES string of the molecule is COc1cccc(-c2c(Nc3ccccc3)ccc(-c3ccc(Nc4ccccc4)cc3)c2-c2cccc(OC)c2)c1. The van der Waals surface area contributed by atoms with Gasteiger partial charge in [-0.1, -0.05) is 78.9 Å². The molecule has 0 fully saturated rings. The number of methoxy groups -OCH3 is 2. The van der Waals surface area contributed by atoms with Gasteiger partial charge in [0.25, 0.3) is 0 Å². The van der Waals surface area contributed by atoms with Gasteiger partial charge in [-0.25, -0.2) is 0 Å². The van der Waals surface area contributed by atoms with Crippen LogP contribution in [0.4, 0.5) is 22.7 Å². The third-order valence-corrected chi connectivity index (χ3v) is 7.23. The monoisotopic (exact) mass is 548 g/mol. The molecule has 6 aromatic carbocycles. The predicted molar refractivity (Wildman–Crippen MR) is 175 cm³/mol. The van der Waals surface area contributed by atoms with E-state index in [0.29, 0.717) is 0 Å². The summed E-state index contributed by atoms with van der Waals surface area (Å²) in [4.78, 5) is 0. The van der Waals surface area contributed by atoms with Crippen molar-refractivity contribution in [2.24, 2.45) is 0 Å². The standard InChI is InChI=1S/C38H32N2O2/c1-41-33-17-9-11-28(25-33)37-35(27-19-21-32(22-20-27)39-30-13-5-3-6-14-30)23-24-36(40-31-15-7-4-8-16-31)38(37)29-12-10-18-34(26-29)42-2/h3-26,39-40H,1-2H3. The predicted octanol–water partition coefficient (Wildman–Crippen LogP) is 10.2. The minimum Gasteiger partial charge on any atom is -0.497 e. The second kappa shape index (κ2) is 12.4. The Balaban J connectivity index is 1.56. The fourth-order valence-corrected chi connectivity index (χ4v) is 5.20. The number of para-hydroxylation sites is 2. The van der Waals surface area contributed by atoms with Crippen molar-refractivity contribution in [2.75, 3.05) is 24.9 Å². The van der Waals surface area contributed by atoms with Gasteiger partial charge in [-0.3, -0.25) is 0 Å². The second-order valence-corrected chi connectivity index (χ2v) is 9.93. The van der Waals surface area contributed by atoms with Crippen LogP contribution in [0.2, 0.25) is 0 Å². The molecule has 0 spiro atoms. The lowest BCUT2D eigenvalue weighted by Crippen LogP contribution is -1.99. The summed E-state index contributed by atoms with van der Waals surface area (Å²) in [7, 11) is 3.40. The van der Waals surface area contributed by atoms with Gasteiger partial charge in [0.15, 0.2) is 0 Å². The highest BCUT2D eigenvalue weighted by Crippen LogP contribution is 2.46. The highest BCUT2D eigenvalue weighted by Gasteiger charge is 2.20. The molecule has 4 heteroatoms. The van der Waals surface area contributed by atoms with Crippen LogP contribution in [0.25, 0.3) is 33.4 Å². The molecular formula is C38H32N2O2. The summed E-state index contributed by atoms with van der Waals surface area (Å²) in [6, 6.07) is 49.9. The number of anilines is 4. The van der Waals surface area contributed by atoms with Crippen molar-refractivity contribution in [1.82, 2.24) is 0 Å². The molecule has 0 aliphatic carbocycles. The zero-order chi connectivity index (χ0) is 28.7. The van der Waals surface area contributed by atoms with Gasteiger partial charge in [-0.05, 0) is 94.5 Å². The van der Waals surface area contributed by atoms with E-state index in [2.05, 4.69) is 95.6 Å². The maximum Gasteiger partial charge on any atom is 0.119 e. The van der Waals surface area contributed by atoms with Crippen LogP contribution >= 0.6 is 0 Å². The van der Waals surface area contributed by atoms with Crippen molar-refractivity contribution in [3.63, 3.8) is 0 Å². The van der Waals surface area contributed by atoms with Gasteiger partial charge in [0, 0.05) is 28.3 Å². The van der Waals surface area contributed by atoms with Crippen molar-refractivity contribution in [2.45, 2.75) is 0 Å². The van der Waals surface area contributed by atoms with E-state index in [4.69, 9.17) is 9.47 Å². The van der Waals surface area contributed by atoms with Crippen LogP contribution in [0, 0.1) is 0 Å². The lowest BCUT2D eigenvalue weighted by Gasteiger charge is -2.22. The van der Waals surface area contributed by atoms with Gasteiger partial charge in [0.2, 0.25) is 0 Å². The van der Waals surface area contributed by atoms with Crippen LogP contribution in [0.1, 0.15) is 0 Å². The summed E-state index contributed by atoms with van der Waals surface area (Å²) in [5.74, 6) is 1.61. The van der Waals surface area contributed by atoms with Gasteiger partial charge in [0.05, 0.1) is 14.2 Å². The topological polar surface area (TPSA) is 42.5 Å². The first kappa shape index (κ1) is 26.7. The van der Waals surface area contributed by atoms with Crippen LogP contribution in [0.15, 0.2) is 146 Å². The molecule has 0 aromatic heterocycles. The number of nitrogens with one attached hydrogen (secondary N) is 2. The maximum absolute atomic E-state index is 5.66. The number of ether oxygens (including phenoxy) is 2. The second-order valence-electron chi connectivity index (χ2n) is 9.93. The average molecular weight is 549 g/mol. The maximum atomic E-state index is 5.66. The molecule has 0 aliphatic rings. The molecule has 0 atom stereocenters. The first-order valence-electron chi connectivity index (χ1n) is 13.9. The van der Waals surface area contributed by atoms with E-state index in [9.17, 15) is 0 Å². The first-order valence-corrected chi connectivity index (χ1v) is 13.9. The molecule has 2 N–H and O–H groups in total. The summed E-state index contributed by atoms with van der Waals surface area (Å²) >= 11 is 0. The summed E-state index contributed by atoms with van der Waals surface area (Å²) in [6.07, 6.45) is 0. The Kier molecular flexibility index (Phi) is 7.87. The molecule has 0 unspecified atom stereocenters. The van der Waals surface area contributed by atoms with E-state index >= 15 is 0 Å². The fourth-order valence-electron chi connectivity index (χ4n) is 5.20. The van der Waals surface area contributed by atoms with Crippen molar-refractivity contribution in [1.29, 1.82) is 0 Å². The van der Waals surface area contributed by atoms with Gasteiger partial charge in [0.1, 0.15) is 11.5 Å². The molecule has 6 rings (SSSR count). The zero-order valence-corrected chi connectivity index (χ0v) is 23.7. The van der Waals surface area contributed by atoms with Crippen LogP contribution in [0.5, 0.6) is 11.5 Å². The number of hydrogen-bond acceptors (Lipinski definition) is 4. The van der Waals surface area contributed by atoms with E-state index in [1.807, 2.05) is 60.7 Å². The van der Waals surface area contributed by atoms with E-state index in [1.54, 1.807) is 14.2 Å². The third-order valence-electron chi connectivity index (χ3n) is 7.23. The minimum absolute atomic E-state index is 0.802. The summed E-state index contributed by atoms with van der Waals surface area (Å²) < 4.78 is 11.3. The minimum atomic E-state index is 0.802. The Bertz CT molecular complexity index is 1780. The summed E-state index contributed by atoms with van der Waals surface area (Å²) in [6.45, 7) is 0. The van der Waals surface area contributed by atoms with E-state index in [-0.39, 0.29) is 0 Å². The largest absolute Gasteiger partial charge is 0.497 e. The van der Waals surface area contributed by atoms with Gasteiger partial charge in [-0.15, -0.1) is 0 Å². The Hall–Kier alpha value is -5.48. The molecule has 0 amide bonds. The molecule has 42 heavy (non-hydrogen) atoms. The first-order chi connectivity index (χ1) is 20.7. The van der Waals surface area contributed by atoms with Crippen molar-refractivity contribution in [3.8, 4) is 44.9 Å². The zero-order valence-electron chi connectivity index (χ0n) is 23.7. The van der Waals surface area contributed by atoms with Crippen molar-refractivity contribution < 1.29 is 9.47 Å². The third kappa shape index (κ3) is 5.84. The Morgan fingerprint density at radius 1 is 0.405 bits per heavy atom. The normalized spacial score (nSPS) is 10.6. The van der Waals surface area contributed by atoms with Crippen LogP contribution in [0.3, 0.4) is 0 Å². The molecule has 0 saturated carbocycles. The average Bonchev–Trinajstić information content (AvgIpc) is 3.06. The highest BCUT2D eigenvalue weighted by molar-refractivity contribution is 6.01. The lowest BCUT2D eigenvalue weighted by molar-refractivity contribution is 0.415. The quantitative estimate of drug-likeness (QED) is 0.189. The van der Waals surface area contributed by atoms with E-state index < -0.39 is 0 Å². The van der Waals surface area contributed by atoms with Gasteiger partial charge in [-0.2, -0.15) is 0 Å². The summed E-state index contributed by atoms with van der Waals surface area (Å²) in [5.41, 5.74) is 10.6. The lowest BCUT2D eigenvalue weighted by atomic mass is 9.86. The fraction of sp³-hybridized carbons (Fsp3) is 0.0526. The van der Waals surface area contributed by atoms with Crippen LogP contribution < -0.4 is 20.1 Å². The number of rotatable bonds is 9. The van der Waals surface area contributed by atoms with Crippen LogP contribution in [-0.2, 0) is 0 Å². The van der Waals surface area contributed by atoms with Crippen molar-refractivity contribution >= 4 is 22.7 Å². The molecule has 0 bridgehead atoms. The van der Waals surface area contributed by atoms with Gasteiger partial charge >= 0.3 is 0 Å². The van der Waals surface area contributed by atoms with Crippen LogP contribution in [-0.4, -0.2) is 14.2 Å². The number of benzene rings is 6. The molecular weight excluding hydrogens is 516 g/mol. The smallest absolute Gasteiger partial charge is 0.119 e. The van der Waals surface area contributed by atoms with Gasteiger partial charge < -0.3 is 20.1 Å². The molecule has 0 aliphatic heterocycles. The molecule has 0 radical (unpaired) electrons. The van der Waals surface area contributed by atoms with E-state index in [1.165, 1.54) is 0 Å². The molecule has 0 heterocycles. The summed E-state index contributed by atoms with van der Waals surface area (Å²) in [5, 5.41) is 7.17. The Morgan fingerprint density at radius 2 is 0.929 bits per heavy atom. The molecule has 0 saturated heterocycles. The highest BCUT2D eigenvalue weighted by atomic mass is 16.5. The number of hydrogen-bond donors (Lipinski definition) is 2. The molecule has 4 nitrogen and oxygen atoms in total. The van der Waals surface area contributed by atoms with Crippen molar-refractivity contribution in [3.05, 3.63) is 146 Å². The Morgan fingerprint density at radius 3 is 1.50 bits per heavy atom. The molecule has 206 valence electrons. The van der Waals surface area contributed by atoms with E-state index in [0.717, 1.165) is 67.6 Å².